The molecule has 37 heavy (non-hydrogen) atoms. The largest absolute Gasteiger partial charge is 0.457 e. The van der Waals surface area contributed by atoms with Crippen LogP contribution in [0.5, 0.6) is 11.5 Å². The number of non-ortho nitro benzene ring substituents is 1. The zero-order valence-corrected chi connectivity index (χ0v) is 19.7. The molecule has 0 atom stereocenters. The number of rotatable bonds is 6. The Morgan fingerprint density at radius 1 is 1.05 bits per heavy atom. The summed E-state index contributed by atoms with van der Waals surface area (Å²) in [5.74, 6) is -0.351. The molecule has 12 heteroatoms. The van der Waals surface area contributed by atoms with Gasteiger partial charge in [0.05, 0.1) is 16.7 Å². The van der Waals surface area contributed by atoms with Gasteiger partial charge in [-0.15, -0.1) is 0 Å². The van der Waals surface area contributed by atoms with E-state index in [-0.39, 0.29) is 34.4 Å². The lowest BCUT2D eigenvalue weighted by Gasteiger charge is -2.10. The van der Waals surface area contributed by atoms with E-state index in [1.165, 1.54) is 12.1 Å². The van der Waals surface area contributed by atoms with Gasteiger partial charge in [0, 0.05) is 29.8 Å². The van der Waals surface area contributed by atoms with E-state index in [2.05, 4.69) is 15.4 Å². The van der Waals surface area contributed by atoms with Crippen LogP contribution in [0.25, 0.3) is 5.65 Å². The molecule has 1 saturated carbocycles. The lowest BCUT2D eigenvalue weighted by Crippen LogP contribution is -2.16. The van der Waals surface area contributed by atoms with Crippen molar-refractivity contribution >= 4 is 22.9 Å². The van der Waals surface area contributed by atoms with Crippen LogP contribution in [-0.2, 0) is 6.18 Å². The summed E-state index contributed by atoms with van der Waals surface area (Å²) >= 11 is 0. The van der Waals surface area contributed by atoms with Gasteiger partial charge in [-0.25, -0.2) is 9.50 Å². The molecule has 1 amide bonds. The lowest BCUT2D eigenvalue weighted by molar-refractivity contribution is -0.384. The van der Waals surface area contributed by atoms with Gasteiger partial charge < -0.3 is 10.1 Å². The van der Waals surface area contributed by atoms with Crippen LogP contribution in [0.15, 0.2) is 48.5 Å². The molecule has 0 unspecified atom stereocenters. The van der Waals surface area contributed by atoms with Crippen LogP contribution in [0.3, 0.4) is 0 Å². The summed E-state index contributed by atoms with van der Waals surface area (Å²) in [6.45, 7) is 3.75. The highest BCUT2D eigenvalue weighted by molar-refractivity contribution is 6.03. The van der Waals surface area contributed by atoms with E-state index in [1.807, 2.05) is 19.9 Å². The fourth-order valence-corrected chi connectivity index (χ4v) is 4.04. The number of aryl methyl sites for hydroxylation is 2. The summed E-state index contributed by atoms with van der Waals surface area (Å²) < 4.78 is 47.4. The SMILES string of the molecule is Cc1cc(C)cc(Oc2cc(NC(=O)c3cc4nc(C5CC5)cc(C(F)(F)F)n4n3)cc([N+](=O)[O-])c2)c1. The third kappa shape index (κ3) is 5.22. The predicted octanol–water partition coefficient (Wildman–Crippen LogP) is 6.20. The number of benzene rings is 2. The van der Waals surface area contributed by atoms with Gasteiger partial charge in [0.1, 0.15) is 17.2 Å². The Hall–Kier alpha value is -4.48. The highest BCUT2D eigenvalue weighted by atomic mass is 19.4. The van der Waals surface area contributed by atoms with Crippen molar-refractivity contribution in [1.82, 2.24) is 14.6 Å². The summed E-state index contributed by atoms with van der Waals surface area (Å²) in [4.78, 5) is 28.0. The van der Waals surface area contributed by atoms with Crippen LogP contribution in [0, 0.1) is 24.0 Å². The van der Waals surface area contributed by atoms with Gasteiger partial charge in [-0.2, -0.15) is 18.3 Å². The van der Waals surface area contributed by atoms with Crippen molar-refractivity contribution in [3.63, 3.8) is 0 Å². The Labute approximate surface area is 208 Å². The molecule has 9 nitrogen and oxygen atoms in total. The van der Waals surface area contributed by atoms with Crippen LogP contribution < -0.4 is 10.1 Å². The summed E-state index contributed by atoms with van der Waals surface area (Å²) in [5.41, 5.74) is 0.362. The standard InChI is InChI=1S/C25H20F3N5O4/c1-13-5-14(2)7-18(6-13)37-19-9-16(8-17(10-19)33(35)36)29-24(34)21-12-23-30-20(15-3-4-15)11-22(25(26,27)28)32(23)31-21/h5-12,15H,3-4H2,1-2H3,(H,29,34). The van der Waals surface area contributed by atoms with Gasteiger partial charge in [0.2, 0.25) is 0 Å². The van der Waals surface area contributed by atoms with E-state index in [1.54, 1.807) is 12.1 Å². The number of nitro benzene ring substituents is 1. The second-order valence-electron chi connectivity index (χ2n) is 8.99. The number of hydrogen-bond donors (Lipinski definition) is 1. The summed E-state index contributed by atoms with van der Waals surface area (Å²) in [5, 5.41) is 17.8. The van der Waals surface area contributed by atoms with Gasteiger partial charge in [0.25, 0.3) is 11.6 Å². The molecule has 0 aliphatic heterocycles. The first-order valence-electron chi connectivity index (χ1n) is 11.3. The monoisotopic (exact) mass is 511 g/mol. The second kappa shape index (κ2) is 8.87. The van der Waals surface area contributed by atoms with Crippen LogP contribution >= 0.6 is 0 Å². The molecular weight excluding hydrogens is 491 g/mol. The zero-order chi connectivity index (χ0) is 26.5. The van der Waals surface area contributed by atoms with E-state index in [0.29, 0.717) is 16.0 Å². The molecular formula is C25H20F3N5O4. The van der Waals surface area contributed by atoms with E-state index >= 15 is 0 Å². The summed E-state index contributed by atoms with van der Waals surface area (Å²) in [6.07, 6.45) is -3.20. The van der Waals surface area contributed by atoms with Gasteiger partial charge in [0.15, 0.2) is 11.3 Å². The van der Waals surface area contributed by atoms with Gasteiger partial charge in [-0.3, -0.25) is 14.9 Å². The molecule has 1 fully saturated rings. The maximum absolute atomic E-state index is 13.7. The van der Waals surface area contributed by atoms with Crippen molar-refractivity contribution < 1.29 is 27.6 Å². The highest BCUT2D eigenvalue weighted by Gasteiger charge is 2.37. The number of carbonyl (C=O) groups excluding carboxylic acids is 1. The van der Waals surface area contributed by atoms with Gasteiger partial charge in [-0.05, 0) is 56.0 Å². The molecule has 1 aliphatic rings. The molecule has 0 spiro atoms. The average Bonchev–Trinajstić information content (AvgIpc) is 3.55. The number of aromatic nitrogens is 3. The third-order valence-corrected chi connectivity index (χ3v) is 5.76. The molecule has 190 valence electrons. The second-order valence-corrected chi connectivity index (χ2v) is 8.99. The maximum atomic E-state index is 13.7. The first-order chi connectivity index (χ1) is 17.5. The van der Waals surface area contributed by atoms with Crippen molar-refractivity contribution in [2.24, 2.45) is 0 Å². The number of fused-ring (bicyclic) bond motifs is 1. The molecule has 5 rings (SSSR count). The van der Waals surface area contributed by atoms with Crippen molar-refractivity contribution in [2.45, 2.75) is 38.8 Å². The van der Waals surface area contributed by atoms with Crippen molar-refractivity contribution in [1.29, 1.82) is 0 Å². The fraction of sp³-hybridized carbons (Fsp3) is 0.240. The average molecular weight is 511 g/mol. The number of alkyl halides is 3. The minimum Gasteiger partial charge on any atom is -0.457 e. The molecule has 2 heterocycles. The lowest BCUT2D eigenvalue weighted by atomic mass is 10.1. The highest BCUT2D eigenvalue weighted by Crippen LogP contribution is 2.41. The number of carbonyl (C=O) groups is 1. The first-order valence-corrected chi connectivity index (χ1v) is 11.3. The molecule has 2 aromatic heterocycles. The van der Waals surface area contributed by atoms with E-state index < -0.39 is 22.7 Å². The van der Waals surface area contributed by atoms with E-state index in [9.17, 15) is 28.1 Å². The Balaban J connectivity index is 1.47. The molecule has 0 radical (unpaired) electrons. The molecule has 4 aromatic rings. The topological polar surface area (TPSA) is 112 Å². The number of hydrogen-bond acceptors (Lipinski definition) is 6. The Morgan fingerprint density at radius 2 is 1.73 bits per heavy atom. The van der Waals surface area contributed by atoms with Crippen LogP contribution in [0.4, 0.5) is 24.5 Å². The molecule has 1 aliphatic carbocycles. The van der Waals surface area contributed by atoms with Crippen molar-refractivity contribution in [2.75, 3.05) is 5.32 Å². The Kier molecular flexibility index (Phi) is 5.81. The predicted molar refractivity (Wildman–Crippen MR) is 127 cm³/mol. The van der Waals surface area contributed by atoms with Crippen LogP contribution in [0.1, 0.15) is 51.8 Å². The molecule has 2 aromatic carbocycles. The Bertz CT molecular complexity index is 1540. The van der Waals surface area contributed by atoms with Crippen molar-refractivity contribution in [3.8, 4) is 11.5 Å². The summed E-state index contributed by atoms with van der Waals surface area (Å²) in [6, 6.07) is 11.3. The molecule has 0 saturated heterocycles. The summed E-state index contributed by atoms with van der Waals surface area (Å²) in [7, 11) is 0. The van der Waals surface area contributed by atoms with Crippen LogP contribution in [-0.4, -0.2) is 25.4 Å². The Morgan fingerprint density at radius 3 is 2.35 bits per heavy atom. The van der Waals surface area contributed by atoms with E-state index in [4.69, 9.17) is 4.74 Å². The number of halogens is 3. The number of nitrogens with zero attached hydrogens (tertiary/aromatic N) is 4. The number of ether oxygens (including phenoxy) is 1. The first kappa shape index (κ1) is 24.2. The molecule has 0 bridgehead atoms. The van der Waals surface area contributed by atoms with Crippen molar-refractivity contribution in [3.05, 3.63) is 86.9 Å². The fourth-order valence-electron chi connectivity index (χ4n) is 4.04. The normalized spacial score (nSPS) is 13.5. The quantitative estimate of drug-likeness (QED) is 0.244. The minimum atomic E-state index is -4.70. The minimum absolute atomic E-state index is 0.0123. The van der Waals surface area contributed by atoms with E-state index in [0.717, 1.165) is 42.2 Å². The maximum Gasteiger partial charge on any atom is 0.433 e. The number of nitro groups is 1. The number of nitrogens with one attached hydrogen (secondary N) is 1. The smallest absolute Gasteiger partial charge is 0.433 e. The van der Waals surface area contributed by atoms with Crippen LogP contribution in [0.2, 0.25) is 0 Å². The zero-order valence-electron chi connectivity index (χ0n) is 19.7. The number of amides is 1. The third-order valence-electron chi connectivity index (χ3n) is 5.76. The van der Waals surface area contributed by atoms with Gasteiger partial charge in [-0.1, -0.05) is 6.07 Å². The number of anilines is 1. The van der Waals surface area contributed by atoms with Gasteiger partial charge >= 0.3 is 6.18 Å². The molecule has 1 N–H and O–H groups in total.